The van der Waals surface area contributed by atoms with Crippen molar-refractivity contribution in [1.82, 2.24) is 14.8 Å². The molecule has 0 radical (unpaired) electrons. The molecule has 20 heteroatoms. The number of hydrogen-bond donors (Lipinski definition) is 5. The number of nitrogens with zero attached hydrogens (tertiary/aromatic N) is 5. The molecule has 2 fully saturated rings. The largest absolute Gasteiger partial charge is 0.390 e. The predicted octanol–water partition coefficient (Wildman–Crippen LogP) is 8.56. The molecule has 2 aliphatic rings. The van der Waals surface area contributed by atoms with Gasteiger partial charge in [-0.3, -0.25) is 19.6 Å². The van der Waals surface area contributed by atoms with E-state index in [2.05, 4.69) is 30.1 Å². The monoisotopic (exact) mass is 1040 g/mol. The van der Waals surface area contributed by atoms with Crippen LogP contribution in [0.4, 0.5) is 32.8 Å². The van der Waals surface area contributed by atoms with Gasteiger partial charge in [0.15, 0.2) is 11.1 Å². The molecule has 380 valence electrons. The summed E-state index contributed by atoms with van der Waals surface area (Å²) >= 11 is -0.610. The van der Waals surface area contributed by atoms with Gasteiger partial charge in [0.2, 0.25) is 0 Å². The number of carbonyl (C=O) groups excluding carboxylic acids is 1. The summed E-state index contributed by atoms with van der Waals surface area (Å²) in [4.78, 5) is 33.0. The lowest BCUT2D eigenvalue weighted by Crippen LogP contribution is -2.46. The molecule has 2 aliphatic heterocycles. The number of sulfonamides is 1. The van der Waals surface area contributed by atoms with Gasteiger partial charge in [-0.05, 0) is 129 Å². The maximum Gasteiger partial charge on any atom is 0.293 e. The van der Waals surface area contributed by atoms with Crippen LogP contribution < -0.4 is 25.2 Å². The molecule has 1 aromatic heterocycles. The molecule has 1 unspecified atom stereocenters. The van der Waals surface area contributed by atoms with E-state index in [1.54, 1.807) is 43.0 Å². The number of halogens is 1. The van der Waals surface area contributed by atoms with Gasteiger partial charge in [0.1, 0.15) is 17.4 Å². The number of nitro groups is 1. The second-order valence-electron chi connectivity index (χ2n) is 18.4. The first-order valence-electron chi connectivity index (χ1n) is 23.7. The van der Waals surface area contributed by atoms with Crippen LogP contribution in [-0.2, 0) is 28.2 Å². The van der Waals surface area contributed by atoms with Crippen LogP contribution in [0.25, 0.3) is 22.4 Å². The van der Waals surface area contributed by atoms with Gasteiger partial charge in [-0.1, -0.05) is 30.3 Å². The van der Waals surface area contributed by atoms with E-state index in [9.17, 15) is 41.6 Å². The number of rotatable bonds is 19. The lowest BCUT2D eigenvalue weighted by atomic mass is 9.94. The zero-order chi connectivity index (χ0) is 51.2. The van der Waals surface area contributed by atoms with Gasteiger partial charge < -0.3 is 39.6 Å². The van der Waals surface area contributed by atoms with Crippen LogP contribution in [0.15, 0.2) is 131 Å². The van der Waals surface area contributed by atoms with Crippen molar-refractivity contribution in [2.75, 3.05) is 77.3 Å². The number of benzene rings is 5. The summed E-state index contributed by atoms with van der Waals surface area (Å²) in [6, 6.07) is 34.5. The van der Waals surface area contributed by atoms with E-state index < -0.39 is 49.2 Å². The third-order valence-corrected chi connectivity index (χ3v) is 16.4. The minimum Gasteiger partial charge on any atom is -0.390 e. The van der Waals surface area contributed by atoms with Gasteiger partial charge in [-0.25, -0.2) is 17.0 Å². The Labute approximate surface area is 426 Å². The van der Waals surface area contributed by atoms with Gasteiger partial charge in [-0.2, -0.15) is 0 Å². The molecule has 5 aromatic carbocycles. The van der Waals surface area contributed by atoms with E-state index >= 15 is 0 Å². The number of hydrogen-bond acceptors (Lipinski definition) is 12. The van der Waals surface area contributed by atoms with Crippen LogP contribution in [-0.4, -0.2) is 112 Å². The van der Waals surface area contributed by atoms with Crippen molar-refractivity contribution in [2.24, 2.45) is 7.05 Å². The maximum absolute atomic E-state index is 14.0. The standard InChI is InChI=1S/C52H59FN8O8S3/c1-36-48(51(62)54-35-71(66)67)49(50(57(36)3)37-12-14-39(53)15-13-37)38-8-7-9-43(32-38)60-30-28-59(29-31-60)42-18-16-40(17-19-42)56-72(68,69)45-20-21-46(47(33-45)61(64)65)55-41(34-70-44-10-5-4-6-11-44)22-25-58-26-23-52(2,63)24-27-58/h4-21,32-33,41,55-56,63H,22-31,34-35H2,1-3H3,(H,54,62)(H,66,67)/t41-/m1/s1. The van der Waals surface area contributed by atoms with Crippen LogP contribution >= 0.6 is 11.8 Å². The van der Waals surface area contributed by atoms with Crippen LogP contribution in [0.3, 0.4) is 0 Å². The average molecular weight is 1040 g/mol. The van der Waals surface area contributed by atoms with E-state index in [4.69, 9.17) is 0 Å². The number of nitrogens with one attached hydrogen (secondary N) is 3. The first kappa shape index (κ1) is 52.0. The summed E-state index contributed by atoms with van der Waals surface area (Å²) in [5, 5.41) is 28.8. The number of nitro benzene ring substituents is 1. The van der Waals surface area contributed by atoms with Crippen molar-refractivity contribution in [1.29, 1.82) is 0 Å². The highest BCUT2D eigenvalue weighted by atomic mass is 32.2. The number of thioether (sulfide) groups is 1. The molecule has 16 nitrogen and oxygen atoms in total. The Hall–Kier alpha value is -6.29. The van der Waals surface area contributed by atoms with Crippen molar-refractivity contribution in [3.8, 4) is 22.4 Å². The summed E-state index contributed by atoms with van der Waals surface area (Å²) in [5.41, 5.74) is 5.02. The highest BCUT2D eigenvalue weighted by Crippen LogP contribution is 2.40. The molecule has 72 heavy (non-hydrogen) atoms. The molecule has 8 rings (SSSR count). The quantitative estimate of drug-likeness (QED) is 0.0224. The second kappa shape index (κ2) is 22.6. The minimum atomic E-state index is -4.22. The fourth-order valence-corrected chi connectivity index (χ4v) is 11.6. The molecule has 0 aliphatic carbocycles. The zero-order valence-corrected chi connectivity index (χ0v) is 42.7. The van der Waals surface area contributed by atoms with E-state index in [1.807, 2.05) is 85.3 Å². The first-order chi connectivity index (χ1) is 34.4. The molecule has 0 spiro atoms. The molecule has 0 bridgehead atoms. The number of amides is 1. The molecule has 5 N–H and O–H groups in total. The zero-order valence-electron chi connectivity index (χ0n) is 40.3. The number of piperazine rings is 1. The topological polar surface area (TPSA) is 203 Å². The molecule has 2 atom stereocenters. The van der Waals surface area contributed by atoms with Gasteiger partial charge in [0, 0.05) is 104 Å². The van der Waals surface area contributed by atoms with E-state index in [0.29, 0.717) is 85.0 Å². The fourth-order valence-electron chi connectivity index (χ4n) is 9.24. The molecular weight excluding hydrogens is 980 g/mol. The third-order valence-electron chi connectivity index (χ3n) is 13.4. The summed E-state index contributed by atoms with van der Waals surface area (Å²) < 4.78 is 66.9. The number of anilines is 4. The summed E-state index contributed by atoms with van der Waals surface area (Å²) in [6.07, 6.45) is 2.03. The maximum atomic E-state index is 14.0. The van der Waals surface area contributed by atoms with E-state index in [-0.39, 0.29) is 22.3 Å². The van der Waals surface area contributed by atoms with Crippen molar-refractivity contribution >= 4 is 67.2 Å². The lowest BCUT2D eigenvalue weighted by Gasteiger charge is -2.37. The lowest BCUT2D eigenvalue weighted by molar-refractivity contribution is -0.384. The second-order valence-corrected chi connectivity index (χ2v) is 22.1. The summed E-state index contributed by atoms with van der Waals surface area (Å²) in [7, 11) is -2.40. The van der Waals surface area contributed by atoms with Crippen LogP contribution in [0.5, 0.6) is 0 Å². The molecule has 2 saturated heterocycles. The molecule has 0 saturated carbocycles. The van der Waals surface area contributed by atoms with Gasteiger partial charge in [0.05, 0.1) is 26.7 Å². The van der Waals surface area contributed by atoms with Crippen molar-refractivity contribution in [3.63, 3.8) is 0 Å². The molecular formula is C52H59FN8O8S3. The van der Waals surface area contributed by atoms with Crippen LogP contribution in [0.2, 0.25) is 0 Å². The Kier molecular flexibility index (Phi) is 16.4. The van der Waals surface area contributed by atoms with E-state index in [1.165, 1.54) is 24.3 Å². The molecule has 3 heterocycles. The van der Waals surface area contributed by atoms with Gasteiger partial charge in [0.25, 0.3) is 21.6 Å². The van der Waals surface area contributed by atoms with Gasteiger partial charge in [-0.15, -0.1) is 11.8 Å². The number of aliphatic hydroxyl groups is 1. The van der Waals surface area contributed by atoms with Crippen LogP contribution in [0, 0.1) is 22.9 Å². The fraction of sp³-hybridized carbons (Fsp3) is 0.327. The van der Waals surface area contributed by atoms with Gasteiger partial charge >= 0.3 is 0 Å². The van der Waals surface area contributed by atoms with Crippen molar-refractivity contribution in [3.05, 3.63) is 149 Å². The first-order valence-corrected chi connectivity index (χ1v) is 27.4. The highest BCUT2D eigenvalue weighted by Gasteiger charge is 2.30. The number of likely N-dealkylation sites (tertiary alicyclic amines) is 1. The summed E-state index contributed by atoms with van der Waals surface area (Å²) in [6.45, 7) is 8.48. The number of piperidine rings is 1. The minimum absolute atomic E-state index is 0.179. The van der Waals surface area contributed by atoms with Crippen molar-refractivity contribution < 1.29 is 36.4 Å². The Morgan fingerprint density at radius 2 is 1.54 bits per heavy atom. The predicted molar refractivity (Wildman–Crippen MR) is 284 cm³/mol. The number of aromatic nitrogens is 1. The smallest absolute Gasteiger partial charge is 0.293 e. The third kappa shape index (κ3) is 12.7. The number of carbonyl (C=O) groups is 1. The molecule has 6 aromatic rings. The Morgan fingerprint density at radius 1 is 0.875 bits per heavy atom. The normalized spacial score (nSPS) is 16.0. The highest BCUT2D eigenvalue weighted by molar-refractivity contribution is 7.99. The Bertz CT molecular complexity index is 3010. The van der Waals surface area contributed by atoms with Crippen LogP contribution in [0.1, 0.15) is 42.2 Å². The average Bonchev–Trinajstić information content (AvgIpc) is 3.64. The van der Waals surface area contributed by atoms with E-state index in [0.717, 1.165) is 47.5 Å². The Morgan fingerprint density at radius 3 is 2.19 bits per heavy atom. The summed E-state index contributed by atoms with van der Waals surface area (Å²) in [5.74, 6) is -0.721. The van der Waals surface area contributed by atoms with Crippen molar-refractivity contribution in [2.45, 2.75) is 54.5 Å². The Balaban J connectivity index is 0.926. The SMILES string of the molecule is Cc1c(C(=O)NCS(=O)O)c(-c2cccc(N3CCN(c4ccc(NS(=O)(=O)c5ccc(N[C@H](CCN6CCC(C)(O)CC6)CSc6ccccc6)c([N+](=O)[O-])c5)cc4)CC3)c2)c(-c2ccc(F)cc2)n1C. The molecule has 1 amide bonds.